The Morgan fingerprint density at radius 3 is 2.48 bits per heavy atom. The van der Waals surface area contributed by atoms with Crippen molar-refractivity contribution in [2.24, 2.45) is 5.10 Å². The van der Waals surface area contributed by atoms with Crippen molar-refractivity contribution in [3.63, 3.8) is 0 Å². The first-order valence-electron chi connectivity index (χ1n) is 10.4. The zero-order chi connectivity index (χ0) is 23.6. The van der Waals surface area contributed by atoms with Crippen molar-refractivity contribution in [3.8, 4) is 17.2 Å². The first kappa shape index (κ1) is 24.6. The normalized spacial score (nSPS) is 10.8. The van der Waals surface area contributed by atoms with E-state index in [1.54, 1.807) is 36.5 Å². The van der Waals surface area contributed by atoms with Crippen LogP contribution in [0.1, 0.15) is 35.3 Å². The van der Waals surface area contributed by atoms with E-state index in [9.17, 15) is 4.79 Å². The highest BCUT2D eigenvalue weighted by Crippen LogP contribution is 2.37. The zero-order valence-electron chi connectivity index (χ0n) is 18.3. The highest BCUT2D eigenvalue weighted by atomic mass is 79.9. The molecule has 0 radical (unpaired) electrons. The molecule has 0 aliphatic heterocycles. The zero-order valence-corrected chi connectivity index (χ0v) is 20.7. The lowest BCUT2D eigenvalue weighted by Crippen LogP contribution is -2.17. The van der Waals surface area contributed by atoms with Crippen molar-refractivity contribution in [2.45, 2.75) is 20.5 Å². The molecule has 0 fully saturated rings. The summed E-state index contributed by atoms with van der Waals surface area (Å²) in [6.45, 7) is 5.18. The molecule has 0 aliphatic rings. The molecule has 0 spiro atoms. The van der Waals surface area contributed by atoms with E-state index in [4.69, 9.17) is 25.8 Å². The summed E-state index contributed by atoms with van der Waals surface area (Å²) in [7, 11) is 0. The van der Waals surface area contributed by atoms with Gasteiger partial charge in [0.05, 0.1) is 23.9 Å². The Morgan fingerprint density at radius 2 is 1.79 bits per heavy atom. The van der Waals surface area contributed by atoms with Crippen molar-refractivity contribution in [3.05, 3.63) is 86.8 Å². The summed E-state index contributed by atoms with van der Waals surface area (Å²) in [6.07, 6.45) is 1.54. The molecule has 6 nitrogen and oxygen atoms in total. The Bertz CT molecular complexity index is 1120. The lowest BCUT2D eigenvalue weighted by atomic mass is 10.2. The number of halogens is 2. The fraction of sp³-hybridized carbons (Fsp3) is 0.200. The summed E-state index contributed by atoms with van der Waals surface area (Å²) in [4.78, 5) is 12.3. The Hall–Kier alpha value is -3.03. The summed E-state index contributed by atoms with van der Waals surface area (Å²) >= 11 is 9.59. The molecule has 0 unspecified atom stereocenters. The molecule has 1 amide bonds. The van der Waals surface area contributed by atoms with Gasteiger partial charge in [0.1, 0.15) is 12.4 Å². The lowest BCUT2D eigenvalue weighted by molar-refractivity contribution is 0.0955. The van der Waals surface area contributed by atoms with Gasteiger partial charge in [0.25, 0.3) is 5.91 Å². The van der Waals surface area contributed by atoms with Crippen LogP contribution in [0.25, 0.3) is 0 Å². The lowest BCUT2D eigenvalue weighted by Gasteiger charge is -2.15. The molecule has 33 heavy (non-hydrogen) atoms. The van der Waals surface area contributed by atoms with E-state index >= 15 is 0 Å². The Kier molecular flexibility index (Phi) is 9.15. The van der Waals surface area contributed by atoms with Gasteiger partial charge >= 0.3 is 0 Å². The van der Waals surface area contributed by atoms with Crippen molar-refractivity contribution in [2.75, 3.05) is 13.2 Å². The molecule has 0 saturated heterocycles. The number of hydrogen-bond donors (Lipinski definition) is 1. The number of carbonyl (C=O) groups is 1. The molecule has 0 aliphatic carbocycles. The number of hydrogen-bond acceptors (Lipinski definition) is 5. The number of rotatable bonds is 10. The van der Waals surface area contributed by atoms with Crippen molar-refractivity contribution in [1.82, 2.24) is 5.43 Å². The molecular formula is C25H24BrClN2O4. The van der Waals surface area contributed by atoms with Gasteiger partial charge in [-0.25, -0.2) is 5.43 Å². The Labute approximate surface area is 206 Å². The minimum Gasteiger partial charge on any atom is -0.494 e. The molecule has 0 bridgehead atoms. The van der Waals surface area contributed by atoms with Crippen molar-refractivity contribution in [1.29, 1.82) is 0 Å². The maximum atomic E-state index is 12.3. The average Bonchev–Trinajstić information content (AvgIpc) is 2.79. The number of carbonyl (C=O) groups excluding carboxylic acids is 1. The molecule has 8 heteroatoms. The highest BCUT2D eigenvalue weighted by Gasteiger charge is 2.13. The van der Waals surface area contributed by atoms with Crippen LogP contribution in [0.2, 0.25) is 5.02 Å². The second kappa shape index (κ2) is 12.3. The fourth-order valence-corrected chi connectivity index (χ4v) is 3.73. The Balaban J connectivity index is 1.68. The Morgan fingerprint density at radius 1 is 1.03 bits per heavy atom. The number of nitrogens with zero attached hydrogens (tertiary/aromatic N) is 1. The third-order valence-corrected chi connectivity index (χ3v) is 5.24. The number of benzene rings is 3. The first-order chi connectivity index (χ1) is 16.0. The quantitative estimate of drug-likeness (QED) is 0.248. The van der Waals surface area contributed by atoms with Gasteiger partial charge in [-0.2, -0.15) is 5.10 Å². The van der Waals surface area contributed by atoms with Crippen LogP contribution in [-0.2, 0) is 6.61 Å². The van der Waals surface area contributed by atoms with Crippen LogP contribution in [0.15, 0.2) is 70.2 Å². The largest absolute Gasteiger partial charge is 0.494 e. The smallest absolute Gasteiger partial charge is 0.271 e. The third kappa shape index (κ3) is 7.23. The minimum absolute atomic E-state index is 0.320. The maximum absolute atomic E-state index is 12.3. The third-order valence-electron chi connectivity index (χ3n) is 4.41. The van der Waals surface area contributed by atoms with Crippen molar-refractivity contribution >= 4 is 39.7 Å². The molecule has 1 N–H and O–H groups in total. The molecule has 3 aromatic carbocycles. The van der Waals surface area contributed by atoms with Crippen LogP contribution in [0.4, 0.5) is 0 Å². The van der Waals surface area contributed by atoms with E-state index < -0.39 is 0 Å². The molecule has 0 aromatic heterocycles. The van der Waals surface area contributed by atoms with Crippen LogP contribution in [-0.4, -0.2) is 25.3 Å². The van der Waals surface area contributed by atoms with E-state index in [1.165, 1.54) is 0 Å². The van der Waals surface area contributed by atoms with Gasteiger partial charge in [0.15, 0.2) is 11.5 Å². The van der Waals surface area contributed by atoms with E-state index in [-0.39, 0.29) is 5.91 Å². The number of hydrazone groups is 1. The first-order valence-corrected chi connectivity index (χ1v) is 11.6. The number of amides is 1. The van der Waals surface area contributed by atoms with E-state index in [1.807, 2.05) is 44.2 Å². The van der Waals surface area contributed by atoms with Crippen LogP contribution < -0.4 is 19.6 Å². The summed E-state index contributed by atoms with van der Waals surface area (Å²) in [6, 6.07) is 18.0. The van der Waals surface area contributed by atoms with Gasteiger partial charge < -0.3 is 14.2 Å². The summed E-state index contributed by atoms with van der Waals surface area (Å²) < 4.78 is 17.8. The molecular weight excluding hydrogens is 508 g/mol. The van der Waals surface area contributed by atoms with Gasteiger partial charge in [0.2, 0.25) is 0 Å². The maximum Gasteiger partial charge on any atom is 0.271 e. The predicted octanol–water partition coefficient (Wildman–Crippen LogP) is 6.24. The average molecular weight is 532 g/mol. The second-order valence-corrected chi connectivity index (χ2v) is 8.13. The topological polar surface area (TPSA) is 69.2 Å². The van der Waals surface area contributed by atoms with Crippen LogP contribution in [0.3, 0.4) is 0 Å². The van der Waals surface area contributed by atoms with Gasteiger partial charge in [-0.3, -0.25) is 4.79 Å². The highest BCUT2D eigenvalue weighted by molar-refractivity contribution is 9.10. The van der Waals surface area contributed by atoms with Crippen molar-refractivity contribution < 1.29 is 19.0 Å². The number of nitrogens with one attached hydrogen (secondary N) is 1. The van der Waals surface area contributed by atoms with E-state index in [2.05, 4.69) is 26.5 Å². The van der Waals surface area contributed by atoms with Crippen LogP contribution in [0.5, 0.6) is 17.2 Å². The van der Waals surface area contributed by atoms with E-state index in [0.717, 1.165) is 11.1 Å². The SMILES string of the molecule is CCOc1ccc(C(=O)N/N=C\c2cc(Br)c(OCc3cccc(Cl)c3)c(OCC)c2)cc1. The van der Waals surface area contributed by atoms with Gasteiger partial charge in [-0.15, -0.1) is 0 Å². The van der Waals surface area contributed by atoms with Crippen LogP contribution >= 0.6 is 27.5 Å². The fourth-order valence-electron chi connectivity index (χ4n) is 2.95. The molecule has 0 heterocycles. The van der Waals surface area contributed by atoms with Gasteiger partial charge in [-0.1, -0.05) is 23.7 Å². The standard InChI is InChI=1S/C25H24BrClN2O4/c1-3-31-21-10-8-19(9-11-21)25(30)29-28-15-18-13-22(26)24(23(14-18)32-4-2)33-16-17-6-5-7-20(27)12-17/h5-15H,3-4,16H2,1-2H3,(H,29,30)/b28-15-. The minimum atomic E-state index is -0.320. The molecule has 0 atom stereocenters. The molecule has 3 rings (SSSR count). The molecule has 0 saturated carbocycles. The van der Waals surface area contributed by atoms with Gasteiger partial charge in [-0.05, 0) is 89.4 Å². The summed E-state index contributed by atoms with van der Waals surface area (Å²) in [5.74, 6) is 1.53. The second-order valence-electron chi connectivity index (χ2n) is 6.84. The molecule has 3 aromatic rings. The van der Waals surface area contributed by atoms with Crippen LogP contribution in [0, 0.1) is 0 Å². The predicted molar refractivity (Wildman–Crippen MR) is 134 cm³/mol. The van der Waals surface area contributed by atoms with Gasteiger partial charge in [0, 0.05) is 10.6 Å². The number of ether oxygens (including phenoxy) is 3. The summed E-state index contributed by atoms with van der Waals surface area (Å²) in [5, 5.41) is 4.72. The molecule has 172 valence electrons. The van der Waals surface area contributed by atoms with E-state index in [0.29, 0.717) is 52.1 Å². The summed E-state index contributed by atoms with van der Waals surface area (Å²) in [5.41, 5.74) is 4.68. The monoisotopic (exact) mass is 530 g/mol.